The molecule has 1 aromatic rings. The molecule has 0 aliphatic carbocycles. The van der Waals surface area contributed by atoms with Crippen molar-refractivity contribution in [2.45, 2.75) is 31.3 Å². The molecule has 2 unspecified atom stereocenters. The van der Waals surface area contributed by atoms with Crippen molar-refractivity contribution < 1.29 is 0 Å². The van der Waals surface area contributed by atoms with Crippen molar-refractivity contribution in [2.75, 3.05) is 13.1 Å². The summed E-state index contributed by atoms with van der Waals surface area (Å²) in [4.78, 5) is 5.49. The second kappa shape index (κ2) is 4.40. The summed E-state index contributed by atoms with van der Waals surface area (Å²) in [6.45, 7) is 2.20. The number of nitrogens with zero attached hydrogens (tertiary/aromatic N) is 4. The Kier molecular flexibility index (Phi) is 2.75. The molecular weight excluding hydrogens is 212 g/mol. The van der Waals surface area contributed by atoms with Crippen LogP contribution in [-0.2, 0) is 6.42 Å². The number of hydrogen-bond acceptors (Lipinski definition) is 2. The minimum atomic E-state index is 0.174. The standard InChI is InChI=1S/C13H16N4/c14-16-15-11-6-8-17-7-5-10-3-1-2-4-12(10)13(17)9-11/h1-4,11,13H,5-9H2. The van der Waals surface area contributed by atoms with E-state index >= 15 is 0 Å². The van der Waals surface area contributed by atoms with E-state index in [1.165, 1.54) is 11.1 Å². The molecule has 0 saturated carbocycles. The molecule has 2 heterocycles. The first-order valence-corrected chi connectivity index (χ1v) is 6.24. The number of azide groups is 1. The Bertz CT molecular complexity index is 464. The van der Waals surface area contributed by atoms with Crippen LogP contribution in [0, 0.1) is 0 Å². The molecule has 2 atom stereocenters. The van der Waals surface area contributed by atoms with E-state index in [9.17, 15) is 0 Å². The zero-order chi connectivity index (χ0) is 11.7. The van der Waals surface area contributed by atoms with Crippen molar-refractivity contribution in [3.8, 4) is 0 Å². The zero-order valence-electron chi connectivity index (χ0n) is 9.79. The largest absolute Gasteiger partial charge is 0.296 e. The molecule has 88 valence electrons. The summed E-state index contributed by atoms with van der Waals surface area (Å²) in [5, 5.41) is 3.90. The Labute approximate surface area is 101 Å². The van der Waals surface area contributed by atoms with Crippen LogP contribution in [0.1, 0.15) is 30.0 Å². The first-order chi connectivity index (χ1) is 8.38. The second-order valence-electron chi connectivity index (χ2n) is 4.88. The molecule has 1 aromatic carbocycles. The van der Waals surface area contributed by atoms with Crippen LogP contribution in [0.25, 0.3) is 10.4 Å². The van der Waals surface area contributed by atoms with Crippen molar-refractivity contribution in [3.63, 3.8) is 0 Å². The lowest BCUT2D eigenvalue weighted by atomic mass is 9.85. The third-order valence-corrected chi connectivity index (χ3v) is 3.98. The minimum absolute atomic E-state index is 0.174. The van der Waals surface area contributed by atoms with Crippen molar-refractivity contribution in [2.24, 2.45) is 5.11 Å². The molecule has 2 aliphatic rings. The first-order valence-electron chi connectivity index (χ1n) is 6.24. The van der Waals surface area contributed by atoms with Gasteiger partial charge in [-0.3, -0.25) is 4.90 Å². The van der Waals surface area contributed by atoms with Gasteiger partial charge in [-0.1, -0.05) is 29.4 Å². The quantitative estimate of drug-likeness (QED) is 0.414. The zero-order valence-corrected chi connectivity index (χ0v) is 9.79. The average molecular weight is 228 g/mol. The lowest BCUT2D eigenvalue weighted by Crippen LogP contribution is -2.42. The first kappa shape index (κ1) is 10.6. The van der Waals surface area contributed by atoms with Gasteiger partial charge in [-0.25, -0.2) is 0 Å². The normalized spacial score (nSPS) is 27.8. The third kappa shape index (κ3) is 1.90. The lowest BCUT2D eigenvalue weighted by molar-refractivity contribution is 0.126. The summed E-state index contributed by atoms with van der Waals surface area (Å²) in [7, 11) is 0. The highest BCUT2D eigenvalue weighted by Gasteiger charge is 2.32. The molecule has 0 N–H and O–H groups in total. The maximum Gasteiger partial charge on any atom is 0.0404 e. The smallest absolute Gasteiger partial charge is 0.0404 e. The van der Waals surface area contributed by atoms with Crippen LogP contribution in [0.15, 0.2) is 29.4 Å². The van der Waals surface area contributed by atoms with Crippen LogP contribution in [0.5, 0.6) is 0 Å². The summed E-state index contributed by atoms with van der Waals surface area (Å²) in [5.74, 6) is 0. The fourth-order valence-electron chi connectivity index (χ4n) is 3.12. The minimum Gasteiger partial charge on any atom is -0.296 e. The van der Waals surface area contributed by atoms with E-state index in [0.29, 0.717) is 6.04 Å². The Morgan fingerprint density at radius 2 is 2.18 bits per heavy atom. The summed E-state index contributed by atoms with van der Waals surface area (Å²) in [5.41, 5.74) is 11.5. The molecule has 17 heavy (non-hydrogen) atoms. The predicted octanol–water partition coefficient (Wildman–Crippen LogP) is 3.06. The highest BCUT2D eigenvalue weighted by Crippen LogP contribution is 2.37. The Hall–Kier alpha value is -1.51. The summed E-state index contributed by atoms with van der Waals surface area (Å²) in [6.07, 6.45) is 3.13. The Morgan fingerprint density at radius 1 is 1.29 bits per heavy atom. The van der Waals surface area contributed by atoms with Gasteiger partial charge in [0.1, 0.15) is 0 Å². The highest BCUT2D eigenvalue weighted by atomic mass is 15.2. The molecule has 4 nitrogen and oxygen atoms in total. The van der Waals surface area contributed by atoms with Gasteiger partial charge in [-0.15, -0.1) is 0 Å². The molecule has 0 bridgehead atoms. The van der Waals surface area contributed by atoms with Gasteiger partial charge in [0.05, 0.1) is 0 Å². The number of piperidine rings is 1. The van der Waals surface area contributed by atoms with E-state index < -0.39 is 0 Å². The van der Waals surface area contributed by atoms with E-state index in [1.54, 1.807) is 0 Å². The predicted molar refractivity (Wildman–Crippen MR) is 66.6 cm³/mol. The molecular formula is C13H16N4. The summed E-state index contributed by atoms with van der Waals surface area (Å²) >= 11 is 0. The third-order valence-electron chi connectivity index (χ3n) is 3.98. The van der Waals surface area contributed by atoms with Crippen LogP contribution >= 0.6 is 0 Å². The summed E-state index contributed by atoms with van der Waals surface area (Å²) < 4.78 is 0. The summed E-state index contributed by atoms with van der Waals surface area (Å²) in [6, 6.07) is 9.31. The van der Waals surface area contributed by atoms with Gasteiger partial charge < -0.3 is 0 Å². The van der Waals surface area contributed by atoms with E-state index in [0.717, 1.165) is 32.4 Å². The monoisotopic (exact) mass is 228 g/mol. The van der Waals surface area contributed by atoms with Crippen molar-refractivity contribution in [1.82, 2.24) is 4.90 Å². The fraction of sp³-hybridized carbons (Fsp3) is 0.538. The molecule has 0 amide bonds. The SMILES string of the molecule is [N-]=[N+]=NC1CCN2CCc3ccccc3C2C1. The van der Waals surface area contributed by atoms with Crippen molar-refractivity contribution in [3.05, 3.63) is 45.8 Å². The van der Waals surface area contributed by atoms with Crippen LogP contribution < -0.4 is 0 Å². The van der Waals surface area contributed by atoms with E-state index in [4.69, 9.17) is 5.53 Å². The molecule has 0 spiro atoms. The van der Waals surface area contributed by atoms with Gasteiger partial charge in [0, 0.05) is 23.5 Å². The van der Waals surface area contributed by atoms with Crippen molar-refractivity contribution >= 4 is 0 Å². The van der Waals surface area contributed by atoms with Gasteiger partial charge >= 0.3 is 0 Å². The number of rotatable bonds is 1. The number of fused-ring (bicyclic) bond motifs is 3. The van der Waals surface area contributed by atoms with E-state index in [2.05, 4.69) is 39.2 Å². The fourth-order valence-corrected chi connectivity index (χ4v) is 3.12. The topological polar surface area (TPSA) is 52.0 Å². The molecule has 4 heteroatoms. The van der Waals surface area contributed by atoms with Gasteiger partial charge in [-0.2, -0.15) is 0 Å². The Morgan fingerprint density at radius 3 is 3.06 bits per heavy atom. The molecule has 2 aliphatic heterocycles. The van der Waals surface area contributed by atoms with Crippen molar-refractivity contribution in [1.29, 1.82) is 0 Å². The van der Waals surface area contributed by atoms with E-state index in [-0.39, 0.29) is 6.04 Å². The average Bonchev–Trinajstić information content (AvgIpc) is 2.39. The molecule has 0 radical (unpaired) electrons. The maximum atomic E-state index is 8.55. The van der Waals surface area contributed by atoms with E-state index in [1.807, 2.05) is 0 Å². The van der Waals surface area contributed by atoms with Gasteiger partial charge in [0.25, 0.3) is 0 Å². The molecule has 1 saturated heterocycles. The van der Waals surface area contributed by atoms with Crippen LogP contribution in [-0.4, -0.2) is 24.0 Å². The van der Waals surface area contributed by atoms with Gasteiger partial charge in [0.2, 0.25) is 0 Å². The van der Waals surface area contributed by atoms with Crippen LogP contribution in [0.2, 0.25) is 0 Å². The van der Waals surface area contributed by atoms with Crippen LogP contribution in [0.3, 0.4) is 0 Å². The van der Waals surface area contributed by atoms with Gasteiger partial charge in [0.15, 0.2) is 0 Å². The maximum absolute atomic E-state index is 8.55. The van der Waals surface area contributed by atoms with Gasteiger partial charge in [-0.05, 0) is 42.5 Å². The lowest BCUT2D eigenvalue weighted by Gasteiger charge is -2.42. The molecule has 3 rings (SSSR count). The highest BCUT2D eigenvalue weighted by molar-refractivity contribution is 5.33. The number of benzene rings is 1. The second-order valence-corrected chi connectivity index (χ2v) is 4.88. The van der Waals surface area contributed by atoms with Crippen LogP contribution in [0.4, 0.5) is 0 Å². The number of hydrogen-bond donors (Lipinski definition) is 0. The molecule has 0 aromatic heterocycles. The molecule has 1 fully saturated rings. The Balaban J connectivity index is 1.90.